The molecule has 4 rings (SSSR count). The van der Waals surface area contributed by atoms with Crippen LogP contribution < -0.4 is 10.1 Å². The van der Waals surface area contributed by atoms with Crippen molar-refractivity contribution < 1.29 is 4.74 Å². The van der Waals surface area contributed by atoms with Crippen molar-refractivity contribution in [3.63, 3.8) is 0 Å². The molecule has 2 aromatic carbocycles. The summed E-state index contributed by atoms with van der Waals surface area (Å²) in [6.45, 7) is 2.73. The van der Waals surface area contributed by atoms with Crippen LogP contribution >= 0.6 is 11.8 Å². The van der Waals surface area contributed by atoms with E-state index in [-0.39, 0.29) is 0 Å². The molecular weight excluding hydrogens is 314 g/mol. The molecule has 0 fully saturated rings. The molecule has 2 nitrogen and oxygen atoms in total. The maximum atomic E-state index is 5.88. The van der Waals surface area contributed by atoms with E-state index < -0.39 is 0 Å². The number of para-hydroxylation sites is 1. The van der Waals surface area contributed by atoms with E-state index in [0.29, 0.717) is 24.5 Å². The molecule has 1 aliphatic heterocycles. The van der Waals surface area contributed by atoms with Gasteiger partial charge in [-0.1, -0.05) is 36.4 Å². The van der Waals surface area contributed by atoms with Crippen LogP contribution in [0.2, 0.25) is 0 Å². The summed E-state index contributed by atoms with van der Waals surface area (Å²) in [4.78, 5) is 1.31. The highest BCUT2D eigenvalue weighted by Gasteiger charge is 2.38. The van der Waals surface area contributed by atoms with Gasteiger partial charge in [-0.3, -0.25) is 0 Å². The number of hydrogen-bond acceptors (Lipinski definition) is 3. The third-order valence-electron chi connectivity index (χ3n) is 5.13. The molecule has 0 saturated carbocycles. The van der Waals surface area contributed by atoms with Crippen molar-refractivity contribution in [2.45, 2.75) is 30.2 Å². The van der Waals surface area contributed by atoms with E-state index in [2.05, 4.69) is 66.2 Å². The Labute approximate surface area is 148 Å². The predicted molar refractivity (Wildman–Crippen MR) is 102 cm³/mol. The number of anilines is 1. The Morgan fingerprint density at radius 1 is 1.17 bits per heavy atom. The minimum absolute atomic E-state index is 0.329. The van der Waals surface area contributed by atoms with E-state index >= 15 is 0 Å². The lowest BCUT2D eigenvalue weighted by Gasteiger charge is -2.38. The molecule has 0 bridgehead atoms. The number of thioether (sulfide) groups is 1. The fraction of sp³-hybridized carbons (Fsp3) is 0.333. The van der Waals surface area contributed by atoms with E-state index in [1.54, 1.807) is 11.8 Å². The predicted octanol–water partition coefficient (Wildman–Crippen LogP) is 5.63. The highest BCUT2D eigenvalue weighted by Crippen LogP contribution is 2.52. The first kappa shape index (κ1) is 15.6. The molecule has 3 atom stereocenters. The monoisotopic (exact) mass is 337 g/mol. The molecule has 0 amide bonds. The zero-order valence-electron chi connectivity index (χ0n) is 14.2. The van der Waals surface area contributed by atoms with Crippen LogP contribution in [0.1, 0.15) is 36.4 Å². The SMILES string of the molecule is CCOc1cccc2c1NC(c1ccc(SC)cc1)C1CC=CC21. The molecule has 0 radical (unpaired) electrons. The van der Waals surface area contributed by atoms with Crippen molar-refractivity contribution in [3.8, 4) is 5.75 Å². The van der Waals surface area contributed by atoms with E-state index in [1.165, 1.54) is 21.7 Å². The Hall–Kier alpha value is -1.87. The fourth-order valence-electron chi connectivity index (χ4n) is 4.01. The van der Waals surface area contributed by atoms with E-state index in [4.69, 9.17) is 4.74 Å². The van der Waals surface area contributed by atoms with Gasteiger partial charge in [0.15, 0.2) is 0 Å². The van der Waals surface area contributed by atoms with Crippen LogP contribution in [0, 0.1) is 5.92 Å². The third kappa shape index (κ3) is 2.61. The van der Waals surface area contributed by atoms with Crippen molar-refractivity contribution in [1.82, 2.24) is 0 Å². The van der Waals surface area contributed by atoms with E-state index in [0.717, 1.165) is 12.2 Å². The summed E-state index contributed by atoms with van der Waals surface area (Å²) in [6.07, 6.45) is 7.96. The molecule has 3 heteroatoms. The Balaban J connectivity index is 1.75. The van der Waals surface area contributed by atoms with Gasteiger partial charge in [0.05, 0.1) is 18.3 Å². The zero-order chi connectivity index (χ0) is 16.5. The summed E-state index contributed by atoms with van der Waals surface area (Å²) < 4.78 is 5.88. The smallest absolute Gasteiger partial charge is 0.142 e. The highest BCUT2D eigenvalue weighted by molar-refractivity contribution is 7.98. The molecule has 1 heterocycles. The molecule has 1 N–H and O–H groups in total. The quantitative estimate of drug-likeness (QED) is 0.577. The maximum Gasteiger partial charge on any atom is 0.142 e. The van der Waals surface area contributed by atoms with Crippen LogP contribution in [-0.2, 0) is 0 Å². The lowest BCUT2D eigenvalue weighted by atomic mass is 9.77. The van der Waals surface area contributed by atoms with Gasteiger partial charge in [-0.05, 0) is 54.8 Å². The van der Waals surface area contributed by atoms with Gasteiger partial charge in [0, 0.05) is 10.8 Å². The van der Waals surface area contributed by atoms with Gasteiger partial charge < -0.3 is 10.1 Å². The summed E-state index contributed by atoms with van der Waals surface area (Å²) >= 11 is 1.79. The van der Waals surface area contributed by atoms with Crippen molar-refractivity contribution in [1.29, 1.82) is 0 Å². The normalized spacial score (nSPS) is 24.2. The summed E-state index contributed by atoms with van der Waals surface area (Å²) in [6, 6.07) is 15.7. The summed E-state index contributed by atoms with van der Waals surface area (Å²) in [5.74, 6) is 2.03. The zero-order valence-corrected chi connectivity index (χ0v) is 15.0. The van der Waals surface area contributed by atoms with Crippen LogP contribution in [0.3, 0.4) is 0 Å². The first-order valence-electron chi connectivity index (χ1n) is 8.64. The Morgan fingerprint density at radius 2 is 2.00 bits per heavy atom. The molecule has 0 saturated heterocycles. The second-order valence-electron chi connectivity index (χ2n) is 6.40. The average Bonchev–Trinajstić information content (AvgIpc) is 3.12. The van der Waals surface area contributed by atoms with Crippen molar-refractivity contribution in [3.05, 3.63) is 65.7 Å². The van der Waals surface area contributed by atoms with Crippen molar-refractivity contribution in [2.24, 2.45) is 5.92 Å². The number of nitrogens with one attached hydrogen (secondary N) is 1. The molecular formula is C21H23NOS. The molecule has 124 valence electrons. The van der Waals surface area contributed by atoms with Gasteiger partial charge in [-0.2, -0.15) is 0 Å². The third-order valence-corrected chi connectivity index (χ3v) is 5.88. The van der Waals surface area contributed by atoms with Gasteiger partial charge >= 0.3 is 0 Å². The number of fused-ring (bicyclic) bond motifs is 3. The molecule has 0 aromatic heterocycles. The van der Waals surface area contributed by atoms with Crippen molar-refractivity contribution >= 4 is 17.4 Å². The number of benzene rings is 2. The van der Waals surface area contributed by atoms with Crippen LogP contribution in [-0.4, -0.2) is 12.9 Å². The van der Waals surface area contributed by atoms with Crippen LogP contribution in [0.15, 0.2) is 59.5 Å². The second kappa shape index (κ2) is 6.56. The van der Waals surface area contributed by atoms with Crippen LogP contribution in [0.5, 0.6) is 5.75 Å². The summed E-state index contributed by atoms with van der Waals surface area (Å²) in [5.41, 5.74) is 3.91. The molecule has 1 aliphatic carbocycles. The topological polar surface area (TPSA) is 21.3 Å². The van der Waals surface area contributed by atoms with Gasteiger partial charge in [-0.15, -0.1) is 11.8 Å². The highest BCUT2D eigenvalue weighted by atomic mass is 32.2. The van der Waals surface area contributed by atoms with Crippen LogP contribution in [0.4, 0.5) is 5.69 Å². The Morgan fingerprint density at radius 3 is 2.75 bits per heavy atom. The second-order valence-corrected chi connectivity index (χ2v) is 7.28. The minimum atomic E-state index is 0.329. The lowest BCUT2D eigenvalue weighted by Crippen LogP contribution is -2.29. The van der Waals surface area contributed by atoms with E-state index in [1.807, 2.05) is 6.92 Å². The molecule has 2 aromatic rings. The molecule has 2 aliphatic rings. The Kier molecular flexibility index (Phi) is 4.28. The van der Waals surface area contributed by atoms with Gasteiger partial charge in [-0.25, -0.2) is 0 Å². The van der Waals surface area contributed by atoms with Gasteiger partial charge in [0.25, 0.3) is 0 Å². The maximum absolute atomic E-state index is 5.88. The first-order valence-corrected chi connectivity index (χ1v) is 9.87. The Bertz CT molecular complexity index is 753. The number of allylic oxidation sites excluding steroid dienone is 2. The average molecular weight is 337 g/mol. The largest absolute Gasteiger partial charge is 0.492 e. The number of rotatable bonds is 4. The first-order chi connectivity index (χ1) is 11.8. The summed E-state index contributed by atoms with van der Waals surface area (Å²) in [5, 5.41) is 3.80. The fourth-order valence-corrected chi connectivity index (χ4v) is 4.42. The minimum Gasteiger partial charge on any atom is -0.492 e. The van der Waals surface area contributed by atoms with Crippen LogP contribution in [0.25, 0.3) is 0 Å². The molecule has 0 spiro atoms. The molecule has 24 heavy (non-hydrogen) atoms. The van der Waals surface area contributed by atoms with Crippen molar-refractivity contribution in [2.75, 3.05) is 18.2 Å². The number of ether oxygens (including phenoxy) is 1. The van der Waals surface area contributed by atoms with Gasteiger partial charge in [0.1, 0.15) is 5.75 Å². The number of hydrogen-bond donors (Lipinski definition) is 1. The molecule has 3 unspecified atom stereocenters. The lowest BCUT2D eigenvalue weighted by molar-refractivity contribution is 0.337. The van der Waals surface area contributed by atoms with E-state index in [9.17, 15) is 0 Å². The summed E-state index contributed by atoms with van der Waals surface area (Å²) in [7, 11) is 0. The van der Waals surface area contributed by atoms with Gasteiger partial charge in [0.2, 0.25) is 0 Å². The standard InChI is InChI=1S/C21H23NOS/c1-3-23-19-9-5-8-18-16-6-4-7-17(16)20(22-21(18)19)14-10-12-15(24-2)13-11-14/h4-6,8-13,16-17,20,22H,3,7H2,1-2H3.